The molecule has 0 aromatic heterocycles. The fourth-order valence-electron chi connectivity index (χ4n) is 2.07. The number of carbonyl (C=O) groups is 2. The van der Waals surface area contributed by atoms with Crippen LogP contribution in [0.25, 0.3) is 0 Å². The van der Waals surface area contributed by atoms with E-state index in [9.17, 15) is 14.9 Å². The minimum absolute atomic E-state index is 0.0766. The van der Waals surface area contributed by atoms with Gasteiger partial charge in [-0.3, -0.25) is 9.59 Å². The quantitative estimate of drug-likeness (QED) is 0.456. The summed E-state index contributed by atoms with van der Waals surface area (Å²) in [5, 5.41) is 15.0. The molecule has 0 heterocycles. The number of benzene rings is 2. The second kappa shape index (κ2) is 8.70. The van der Waals surface area contributed by atoms with E-state index in [1.54, 1.807) is 36.4 Å². The Kier molecular flexibility index (Phi) is 6.36. The van der Waals surface area contributed by atoms with E-state index in [0.717, 1.165) is 0 Å². The molecule has 0 aliphatic rings. The van der Waals surface area contributed by atoms with Crippen LogP contribution >= 0.6 is 11.6 Å². The number of methoxy groups -OCH3 is 1. The van der Waals surface area contributed by atoms with Crippen molar-refractivity contribution >= 4 is 34.7 Å². The van der Waals surface area contributed by atoms with Crippen molar-refractivity contribution in [3.05, 3.63) is 64.8 Å². The van der Waals surface area contributed by atoms with Gasteiger partial charge in [-0.2, -0.15) is 5.26 Å². The molecular weight excluding hydrogens is 354 g/mol. The first-order chi connectivity index (χ1) is 12.4. The fourth-order valence-corrected chi connectivity index (χ4v) is 2.33. The highest BCUT2D eigenvalue weighted by Crippen LogP contribution is 2.27. The summed E-state index contributed by atoms with van der Waals surface area (Å²) in [7, 11) is 1.49. The van der Waals surface area contributed by atoms with Gasteiger partial charge in [-0.05, 0) is 37.3 Å². The van der Waals surface area contributed by atoms with Gasteiger partial charge in [0, 0.05) is 23.1 Å². The number of halogens is 1. The molecule has 2 rings (SSSR count). The summed E-state index contributed by atoms with van der Waals surface area (Å²) >= 11 is 6.01. The molecular formula is C19H16ClN3O3. The average Bonchev–Trinajstić information content (AvgIpc) is 2.62. The highest BCUT2D eigenvalue weighted by atomic mass is 35.5. The molecule has 0 aliphatic heterocycles. The highest BCUT2D eigenvalue weighted by molar-refractivity contribution is 6.32. The van der Waals surface area contributed by atoms with E-state index in [4.69, 9.17) is 16.3 Å². The van der Waals surface area contributed by atoms with Crippen LogP contribution in [0.1, 0.15) is 17.3 Å². The Labute approximate surface area is 156 Å². The second-order valence-corrected chi connectivity index (χ2v) is 5.66. The summed E-state index contributed by atoms with van der Waals surface area (Å²) in [6, 6.07) is 13.3. The van der Waals surface area contributed by atoms with Crippen LogP contribution in [0, 0.1) is 11.3 Å². The van der Waals surface area contributed by atoms with Crippen molar-refractivity contribution in [1.29, 1.82) is 5.26 Å². The van der Waals surface area contributed by atoms with Gasteiger partial charge in [-0.1, -0.05) is 23.7 Å². The lowest BCUT2D eigenvalue weighted by Gasteiger charge is -2.08. The molecule has 26 heavy (non-hydrogen) atoms. The molecule has 2 N–H and O–H groups in total. The molecule has 0 spiro atoms. The van der Waals surface area contributed by atoms with Crippen LogP contribution in [-0.4, -0.2) is 18.8 Å². The molecule has 0 bridgehead atoms. The Morgan fingerprint density at radius 1 is 1.19 bits per heavy atom. The third-order valence-corrected chi connectivity index (χ3v) is 3.72. The zero-order valence-corrected chi connectivity index (χ0v) is 14.9. The van der Waals surface area contributed by atoms with Crippen molar-refractivity contribution in [1.82, 2.24) is 0 Å². The smallest absolute Gasteiger partial charge is 0.267 e. The van der Waals surface area contributed by atoms with Crippen LogP contribution in [0.4, 0.5) is 11.4 Å². The molecule has 0 saturated carbocycles. The summed E-state index contributed by atoms with van der Waals surface area (Å²) in [5.74, 6) is -0.191. The minimum Gasteiger partial charge on any atom is -0.495 e. The van der Waals surface area contributed by atoms with Crippen molar-refractivity contribution in [3.63, 3.8) is 0 Å². The Bertz CT molecular complexity index is 916. The molecule has 0 fully saturated rings. The van der Waals surface area contributed by atoms with Crippen LogP contribution in [0.15, 0.2) is 54.2 Å². The standard InChI is InChI=1S/C19H16ClN3O3/c1-12(24)13-4-3-5-15(8-13)22-11-14(10-21)19(25)23-16-6-7-18(26-2)17(20)9-16/h3-9,11,22H,1-2H3,(H,23,25)/b14-11-. The van der Waals surface area contributed by atoms with Crippen LogP contribution < -0.4 is 15.4 Å². The minimum atomic E-state index is -0.594. The van der Waals surface area contributed by atoms with Crippen molar-refractivity contribution in [2.45, 2.75) is 6.92 Å². The Hall–Kier alpha value is -3.30. The predicted octanol–water partition coefficient (Wildman–Crippen LogP) is 4.01. The number of carbonyl (C=O) groups excluding carboxylic acids is 2. The van der Waals surface area contributed by atoms with Crippen molar-refractivity contribution < 1.29 is 14.3 Å². The monoisotopic (exact) mass is 369 g/mol. The van der Waals surface area contributed by atoms with E-state index in [-0.39, 0.29) is 11.4 Å². The third-order valence-electron chi connectivity index (χ3n) is 3.43. The van der Waals surface area contributed by atoms with Crippen LogP contribution in [-0.2, 0) is 4.79 Å². The number of nitrogens with one attached hydrogen (secondary N) is 2. The molecule has 0 atom stereocenters. The normalized spacial score (nSPS) is 10.6. The molecule has 0 unspecified atom stereocenters. The van der Waals surface area contributed by atoms with Gasteiger partial charge in [0.1, 0.15) is 17.4 Å². The summed E-state index contributed by atoms with van der Waals surface area (Å²) in [4.78, 5) is 23.6. The molecule has 1 amide bonds. The largest absolute Gasteiger partial charge is 0.495 e. The first-order valence-electron chi connectivity index (χ1n) is 7.57. The number of rotatable bonds is 6. The van der Waals surface area contributed by atoms with Gasteiger partial charge in [-0.15, -0.1) is 0 Å². The number of nitrogens with zero attached hydrogens (tertiary/aromatic N) is 1. The number of anilines is 2. The SMILES string of the molecule is COc1ccc(NC(=O)/C(C#N)=C\Nc2cccc(C(C)=O)c2)cc1Cl. The number of amides is 1. The predicted molar refractivity (Wildman–Crippen MR) is 100 cm³/mol. The van der Waals surface area contributed by atoms with Gasteiger partial charge in [0.15, 0.2) is 5.78 Å². The van der Waals surface area contributed by atoms with E-state index in [1.807, 2.05) is 6.07 Å². The molecule has 132 valence electrons. The first-order valence-corrected chi connectivity index (χ1v) is 7.95. The number of hydrogen-bond acceptors (Lipinski definition) is 5. The zero-order chi connectivity index (χ0) is 19.1. The topological polar surface area (TPSA) is 91.2 Å². The number of hydrogen-bond donors (Lipinski definition) is 2. The summed E-state index contributed by atoms with van der Waals surface area (Å²) in [6.45, 7) is 1.46. The van der Waals surface area contributed by atoms with Crippen LogP contribution in [0.3, 0.4) is 0 Å². The number of ether oxygens (including phenoxy) is 1. The van der Waals surface area contributed by atoms with Crippen LogP contribution in [0.2, 0.25) is 5.02 Å². The summed E-state index contributed by atoms with van der Waals surface area (Å²) in [5.41, 5.74) is 1.41. The highest BCUT2D eigenvalue weighted by Gasteiger charge is 2.11. The van der Waals surface area contributed by atoms with Gasteiger partial charge >= 0.3 is 0 Å². The Morgan fingerprint density at radius 3 is 2.58 bits per heavy atom. The maximum Gasteiger partial charge on any atom is 0.267 e. The molecule has 6 nitrogen and oxygen atoms in total. The third kappa shape index (κ3) is 4.85. The maximum atomic E-state index is 12.2. The number of nitriles is 1. The van der Waals surface area contributed by atoms with Gasteiger partial charge in [-0.25, -0.2) is 0 Å². The molecule has 2 aromatic carbocycles. The van der Waals surface area contributed by atoms with Gasteiger partial charge in [0.25, 0.3) is 5.91 Å². The van der Waals surface area contributed by atoms with E-state index < -0.39 is 5.91 Å². The molecule has 7 heteroatoms. The zero-order valence-electron chi connectivity index (χ0n) is 14.2. The van der Waals surface area contributed by atoms with E-state index >= 15 is 0 Å². The van der Waals surface area contributed by atoms with Crippen molar-refractivity contribution in [3.8, 4) is 11.8 Å². The molecule has 0 radical (unpaired) electrons. The summed E-state index contributed by atoms with van der Waals surface area (Å²) < 4.78 is 5.05. The van der Waals surface area contributed by atoms with Crippen molar-refractivity contribution in [2.75, 3.05) is 17.7 Å². The summed E-state index contributed by atoms with van der Waals surface area (Å²) in [6.07, 6.45) is 1.28. The van der Waals surface area contributed by atoms with Crippen LogP contribution in [0.5, 0.6) is 5.75 Å². The molecule has 0 aliphatic carbocycles. The number of ketones is 1. The van der Waals surface area contributed by atoms with Gasteiger partial charge in [0.05, 0.1) is 12.1 Å². The lowest BCUT2D eigenvalue weighted by molar-refractivity contribution is -0.112. The Morgan fingerprint density at radius 2 is 1.96 bits per heavy atom. The maximum absolute atomic E-state index is 12.2. The first kappa shape index (κ1) is 19.0. The van der Waals surface area contributed by atoms with E-state index in [2.05, 4.69) is 10.6 Å². The van der Waals surface area contributed by atoms with E-state index in [0.29, 0.717) is 27.7 Å². The second-order valence-electron chi connectivity index (χ2n) is 5.25. The fraction of sp³-hybridized carbons (Fsp3) is 0.105. The van der Waals surface area contributed by atoms with Gasteiger partial charge < -0.3 is 15.4 Å². The van der Waals surface area contributed by atoms with E-state index in [1.165, 1.54) is 26.3 Å². The average molecular weight is 370 g/mol. The molecule has 2 aromatic rings. The number of Topliss-reactive ketones (excluding diaryl/α,β-unsaturated/α-hetero) is 1. The van der Waals surface area contributed by atoms with Gasteiger partial charge in [0.2, 0.25) is 0 Å². The van der Waals surface area contributed by atoms with Crippen molar-refractivity contribution in [2.24, 2.45) is 0 Å². The molecule has 0 saturated heterocycles. The lowest BCUT2D eigenvalue weighted by Crippen LogP contribution is -2.14. The Balaban J connectivity index is 2.12. The lowest BCUT2D eigenvalue weighted by atomic mass is 10.1.